The van der Waals surface area contributed by atoms with Crippen LogP contribution in [0.1, 0.15) is 19.4 Å². The molecule has 4 rings (SSSR count). The first-order valence-corrected chi connectivity index (χ1v) is 12.8. The SMILES string of the molecule is CC(C)S(=O)(=O)N1CCN(c2cnn(-c3cccc(Cl)c3)c(=O)c2OCc2ccncc2)CC1. The summed E-state index contributed by atoms with van der Waals surface area (Å²) in [4.78, 5) is 19.4. The van der Waals surface area contributed by atoms with E-state index >= 15 is 0 Å². The van der Waals surface area contributed by atoms with Gasteiger partial charge in [0.25, 0.3) is 0 Å². The maximum Gasteiger partial charge on any atom is 0.316 e. The van der Waals surface area contributed by atoms with E-state index in [-0.39, 0.29) is 12.4 Å². The van der Waals surface area contributed by atoms with Crippen LogP contribution < -0.4 is 15.2 Å². The lowest BCUT2D eigenvalue weighted by atomic mass is 10.2. The molecule has 1 aliphatic rings. The molecular weight excluding hydrogens is 478 g/mol. The molecule has 0 radical (unpaired) electrons. The minimum Gasteiger partial charge on any atom is -0.481 e. The van der Waals surface area contributed by atoms with Crippen LogP contribution in [0, 0.1) is 0 Å². The zero-order valence-corrected chi connectivity index (χ0v) is 20.5. The van der Waals surface area contributed by atoms with Gasteiger partial charge in [-0.25, -0.2) is 8.42 Å². The Morgan fingerprint density at radius 2 is 1.79 bits per heavy atom. The molecular formula is C23H26ClN5O4S. The monoisotopic (exact) mass is 503 g/mol. The molecule has 1 aromatic carbocycles. The number of hydrogen-bond acceptors (Lipinski definition) is 7. The standard InChI is InChI=1S/C23H26ClN5O4S/c1-17(2)34(31,32)28-12-10-27(11-13-28)21-15-26-29(20-5-3-4-19(24)14-20)23(30)22(21)33-16-18-6-8-25-9-7-18/h3-9,14-15,17H,10-13,16H2,1-2H3. The number of anilines is 1. The Hall–Kier alpha value is -2.95. The van der Waals surface area contributed by atoms with Gasteiger partial charge >= 0.3 is 5.56 Å². The second-order valence-corrected chi connectivity index (χ2v) is 11.1. The molecule has 0 spiro atoms. The Bertz CT molecular complexity index is 1310. The van der Waals surface area contributed by atoms with Crippen molar-refractivity contribution in [2.45, 2.75) is 25.7 Å². The molecule has 11 heteroatoms. The van der Waals surface area contributed by atoms with Gasteiger partial charge in [0.05, 0.1) is 17.1 Å². The molecule has 0 atom stereocenters. The lowest BCUT2D eigenvalue weighted by molar-refractivity contribution is 0.297. The number of pyridine rings is 1. The smallest absolute Gasteiger partial charge is 0.316 e. The number of rotatable bonds is 7. The van der Waals surface area contributed by atoms with E-state index in [2.05, 4.69) is 10.1 Å². The molecule has 180 valence electrons. The van der Waals surface area contributed by atoms with Crippen molar-refractivity contribution in [3.63, 3.8) is 0 Å². The molecule has 1 fully saturated rings. The van der Waals surface area contributed by atoms with E-state index in [1.54, 1.807) is 56.7 Å². The van der Waals surface area contributed by atoms with Crippen LogP contribution in [-0.2, 0) is 16.6 Å². The molecule has 1 saturated heterocycles. The summed E-state index contributed by atoms with van der Waals surface area (Å²) in [6.45, 7) is 4.99. The van der Waals surface area contributed by atoms with Crippen molar-refractivity contribution in [2.75, 3.05) is 31.1 Å². The number of ether oxygens (including phenoxy) is 1. The van der Waals surface area contributed by atoms with Gasteiger partial charge in [-0.15, -0.1) is 0 Å². The van der Waals surface area contributed by atoms with Gasteiger partial charge in [-0.05, 0) is 49.7 Å². The molecule has 0 amide bonds. The van der Waals surface area contributed by atoms with Crippen LogP contribution in [-0.4, -0.2) is 58.9 Å². The van der Waals surface area contributed by atoms with E-state index in [9.17, 15) is 13.2 Å². The topological polar surface area (TPSA) is 97.6 Å². The fraction of sp³-hybridized carbons (Fsp3) is 0.348. The zero-order chi connectivity index (χ0) is 24.3. The molecule has 0 bridgehead atoms. The predicted molar refractivity (Wildman–Crippen MR) is 131 cm³/mol. The molecule has 1 aliphatic heterocycles. The van der Waals surface area contributed by atoms with E-state index < -0.39 is 20.8 Å². The Labute approximate surface area is 203 Å². The molecule has 0 aliphatic carbocycles. The maximum absolute atomic E-state index is 13.5. The summed E-state index contributed by atoms with van der Waals surface area (Å²) in [5.74, 6) is 0.145. The van der Waals surface area contributed by atoms with E-state index in [0.29, 0.717) is 42.6 Å². The van der Waals surface area contributed by atoms with Crippen LogP contribution >= 0.6 is 11.6 Å². The number of halogens is 1. The number of aromatic nitrogens is 3. The van der Waals surface area contributed by atoms with Gasteiger partial charge in [0.15, 0.2) is 0 Å². The van der Waals surface area contributed by atoms with Gasteiger partial charge in [0.1, 0.15) is 12.3 Å². The van der Waals surface area contributed by atoms with E-state index in [4.69, 9.17) is 16.3 Å². The second-order valence-electron chi connectivity index (χ2n) is 8.18. The first kappa shape index (κ1) is 24.2. The Kier molecular flexibility index (Phi) is 7.20. The lowest BCUT2D eigenvalue weighted by Gasteiger charge is -2.36. The average Bonchev–Trinajstić information content (AvgIpc) is 2.83. The Balaban J connectivity index is 1.66. The highest BCUT2D eigenvalue weighted by Gasteiger charge is 2.31. The van der Waals surface area contributed by atoms with Crippen LogP contribution in [0.25, 0.3) is 5.69 Å². The first-order valence-electron chi connectivity index (χ1n) is 10.9. The van der Waals surface area contributed by atoms with E-state index in [1.165, 1.54) is 8.99 Å². The fourth-order valence-electron chi connectivity index (χ4n) is 3.70. The van der Waals surface area contributed by atoms with Gasteiger partial charge in [-0.3, -0.25) is 9.78 Å². The summed E-state index contributed by atoms with van der Waals surface area (Å²) >= 11 is 6.11. The van der Waals surface area contributed by atoms with Crippen LogP contribution in [0.4, 0.5) is 5.69 Å². The second kappa shape index (κ2) is 10.1. The fourth-order valence-corrected chi connectivity index (χ4v) is 5.15. The number of piperazine rings is 1. The molecule has 3 heterocycles. The molecule has 0 saturated carbocycles. The van der Waals surface area contributed by atoms with E-state index in [1.807, 2.05) is 17.0 Å². The van der Waals surface area contributed by atoms with Crippen molar-refractivity contribution in [1.29, 1.82) is 0 Å². The summed E-state index contributed by atoms with van der Waals surface area (Å²) in [5, 5.41) is 4.36. The predicted octanol–water partition coefficient (Wildman–Crippen LogP) is 2.72. The highest BCUT2D eigenvalue weighted by molar-refractivity contribution is 7.89. The average molecular weight is 504 g/mol. The van der Waals surface area contributed by atoms with Crippen molar-refractivity contribution >= 4 is 27.3 Å². The van der Waals surface area contributed by atoms with Crippen molar-refractivity contribution in [3.8, 4) is 11.4 Å². The molecule has 3 aromatic rings. The van der Waals surface area contributed by atoms with Crippen molar-refractivity contribution in [3.05, 3.63) is 75.9 Å². The minimum atomic E-state index is -3.34. The highest BCUT2D eigenvalue weighted by atomic mass is 35.5. The summed E-state index contributed by atoms with van der Waals surface area (Å²) in [6, 6.07) is 10.5. The van der Waals surface area contributed by atoms with Crippen LogP contribution in [0.15, 0.2) is 59.8 Å². The Morgan fingerprint density at radius 1 is 1.09 bits per heavy atom. The molecule has 2 aromatic heterocycles. The number of benzene rings is 1. The first-order chi connectivity index (χ1) is 16.3. The van der Waals surface area contributed by atoms with Crippen LogP contribution in [0.2, 0.25) is 5.02 Å². The minimum absolute atomic E-state index is 0.145. The molecule has 0 N–H and O–H groups in total. The number of nitrogens with zero attached hydrogens (tertiary/aromatic N) is 5. The lowest BCUT2D eigenvalue weighted by Crippen LogP contribution is -2.50. The largest absolute Gasteiger partial charge is 0.481 e. The highest BCUT2D eigenvalue weighted by Crippen LogP contribution is 2.27. The number of sulfonamides is 1. The van der Waals surface area contributed by atoms with Crippen LogP contribution in [0.3, 0.4) is 0 Å². The molecule has 0 unspecified atom stereocenters. The third-order valence-electron chi connectivity index (χ3n) is 5.63. The number of hydrogen-bond donors (Lipinski definition) is 0. The summed E-state index contributed by atoms with van der Waals surface area (Å²) in [7, 11) is -3.34. The normalized spacial score (nSPS) is 15.0. The van der Waals surface area contributed by atoms with Gasteiger partial charge in [0, 0.05) is 43.6 Å². The van der Waals surface area contributed by atoms with Gasteiger partial charge < -0.3 is 9.64 Å². The van der Waals surface area contributed by atoms with Crippen molar-refractivity contribution in [2.24, 2.45) is 0 Å². The molecule has 9 nitrogen and oxygen atoms in total. The zero-order valence-electron chi connectivity index (χ0n) is 19.0. The van der Waals surface area contributed by atoms with E-state index in [0.717, 1.165) is 5.56 Å². The van der Waals surface area contributed by atoms with Crippen molar-refractivity contribution in [1.82, 2.24) is 19.1 Å². The maximum atomic E-state index is 13.5. The van der Waals surface area contributed by atoms with Crippen LogP contribution in [0.5, 0.6) is 5.75 Å². The van der Waals surface area contributed by atoms with Gasteiger partial charge in [0.2, 0.25) is 15.8 Å². The summed E-state index contributed by atoms with van der Waals surface area (Å²) < 4.78 is 33.8. The van der Waals surface area contributed by atoms with Gasteiger partial charge in [-0.1, -0.05) is 17.7 Å². The Morgan fingerprint density at radius 3 is 2.44 bits per heavy atom. The summed E-state index contributed by atoms with van der Waals surface area (Å²) in [6.07, 6.45) is 4.90. The van der Waals surface area contributed by atoms with Gasteiger partial charge in [-0.2, -0.15) is 14.1 Å². The quantitative estimate of drug-likeness (QED) is 0.489. The summed E-state index contributed by atoms with van der Waals surface area (Å²) in [5.41, 5.74) is 1.48. The molecule has 34 heavy (non-hydrogen) atoms. The third-order valence-corrected chi connectivity index (χ3v) is 8.15. The van der Waals surface area contributed by atoms with Crippen molar-refractivity contribution < 1.29 is 13.2 Å². The third kappa shape index (κ3) is 5.08.